The van der Waals surface area contributed by atoms with Crippen LogP contribution in [0.1, 0.15) is 27.2 Å². The zero-order chi connectivity index (χ0) is 12.2. The Labute approximate surface area is 97.2 Å². The van der Waals surface area contributed by atoms with Crippen molar-refractivity contribution in [3.8, 4) is 11.5 Å². The van der Waals surface area contributed by atoms with Crippen molar-refractivity contribution in [2.45, 2.75) is 33.2 Å². The van der Waals surface area contributed by atoms with Crippen LogP contribution in [0.5, 0.6) is 11.5 Å². The third kappa shape index (κ3) is 5.03. The van der Waals surface area contributed by atoms with Gasteiger partial charge in [0, 0.05) is 6.04 Å². The first-order chi connectivity index (χ1) is 7.37. The van der Waals surface area contributed by atoms with Gasteiger partial charge in [-0.1, -0.05) is 20.8 Å². The minimum absolute atomic E-state index is 0.0359. The lowest BCUT2D eigenvalue weighted by Crippen LogP contribution is -2.32. The van der Waals surface area contributed by atoms with Crippen LogP contribution in [0.2, 0.25) is 0 Å². The first-order valence-corrected chi connectivity index (χ1v) is 5.54. The van der Waals surface area contributed by atoms with Gasteiger partial charge in [-0.3, -0.25) is 0 Å². The lowest BCUT2D eigenvalue weighted by atomic mass is 9.89. The third-order valence-corrected chi connectivity index (χ3v) is 2.18. The lowest BCUT2D eigenvalue weighted by Gasteiger charge is -2.23. The summed E-state index contributed by atoms with van der Waals surface area (Å²) in [6, 6.07) is 6.71. The number of phenolic OH excluding ortho intramolecular Hbond substituents is 1. The van der Waals surface area contributed by atoms with Crippen LogP contribution in [-0.2, 0) is 0 Å². The van der Waals surface area contributed by atoms with Crippen LogP contribution in [0.3, 0.4) is 0 Å². The van der Waals surface area contributed by atoms with Crippen LogP contribution in [0, 0.1) is 5.41 Å². The van der Waals surface area contributed by atoms with Crippen LogP contribution in [0.25, 0.3) is 0 Å². The van der Waals surface area contributed by atoms with Gasteiger partial charge in [-0.15, -0.1) is 0 Å². The molecule has 0 saturated heterocycles. The van der Waals surface area contributed by atoms with Crippen molar-refractivity contribution in [2.24, 2.45) is 11.1 Å². The molecule has 0 spiro atoms. The van der Waals surface area contributed by atoms with E-state index in [0.29, 0.717) is 6.61 Å². The standard InChI is InChI=1S/C13H21NO2/c1-13(2,3)8-10(14)9-16-12-6-4-11(15)5-7-12/h4-7,10,15H,8-9,14H2,1-3H3. The van der Waals surface area contributed by atoms with E-state index in [1.807, 2.05) is 0 Å². The first-order valence-electron chi connectivity index (χ1n) is 5.54. The van der Waals surface area contributed by atoms with Crippen molar-refractivity contribution in [1.82, 2.24) is 0 Å². The molecule has 3 N–H and O–H groups in total. The molecule has 0 aliphatic carbocycles. The summed E-state index contributed by atoms with van der Waals surface area (Å²) in [5, 5.41) is 9.11. The molecular formula is C13H21NO2. The predicted molar refractivity (Wildman–Crippen MR) is 65.6 cm³/mol. The number of aromatic hydroxyl groups is 1. The molecule has 3 nitrogen and oxygen atoms in total. The largest absolute Gasteiger partial charge is 0.508 e. The molecule has 16 heavy (non-hydrogen) atoms. The monoisotopic (exact) mass is 223 g/mol. The molecule has 0 fully saturated rings. The zero-order valence-corrected chi connectivity index (χ0v) is 10.2. The van der Waals surface area contributed by atoms with E-state index < -0.39 is 0 Å². The minimum Gasteiger partial charge on any atom is -0.508 e. The van der Waals surface area contributed by atoms with Gasteiger partial charge in [0.1, 0.15) is 18.1 Å². The summed E-state index contributed by atoms with van der Waals surface area (Å²) < 4.78 is 5.53. The second-order valence-corrected chi connectivity index (χ2v) is 5.33. The van der Waals surface area contributed by atoms with Crippen LogP contribution in [-0.4, -0.2) is 17.8 Å². The van der Waals surface area contributed by atoms with Crippen LogP contribution in [0.4, 0.5) is 0 Å². The van der Waals surface area contributed by atoms with Gasteiger partial charge < -0.3 is 15.6 Å². The number of ether oxygens (including phenoxy) is 1. The molecule has 0 radical (unpaired) electrons. The van der Waals surface area contributed by atoms with E-state index in [2.05, 4.69) is 20.8 Å². The van der Waals surface area contributed by atoms with Gasteiger partial charge in [-0.05, 0) is 36.1 Å². The molecule has 1 atom stereocenters. The highest BCUT2D eigenvalue weighted by atomic mass is 16.5. The predicted octanol–water partition coefficient (Wildman–Crippen LogP) is 2.53. The van der Waals surface area contributed by atoms with E-state index in [1.54, 1.807) is 24.3 Å². The van der Waals surface area contributed by atoms with Gasteiger partial charge in [0.25, 0.3) is 0 Å². The summed E-state index contributed by atoms with van der Waals surface area (Å²) in [6.45, 7) is 6.98. The van der Waals surface area contributed by atoms with Crippen molar-refractivity contribution >= 4 is 0 Å². The maximum absolute atomic E-state index is 9.11. The van der Waals surface area contributed by atoms with E-state index in [-0.39, 0.29) is 17.2 Å². The summed E-state index contributed by atoms with van der Waals surface area (Å²) in [5.74, 6) is 0.980. The molecule has 0 bridgehead atoms. The Bertz CT molecular complexity index is 314. The molecular weight excluding hydrogens is 202 g/mol. The zero-order valence-electron chi connectivity index (χ0n) is 10.2. The molecule has 1 rings (SSSR count). The molecule has 0 saturated carbocycles. The summed E-state index contributed by atoms with van der Waals surface area (Å²) in [4.78, 5) is 0. The highest BCUT2D eigenvalue weighted by Gasteiger charge is 2.15. The molecule has 1 aromatic carbocycles. The van der Waals surface area contributed by atoms with Crippen LogP contribution in [0.15, 0.2) is 24.3 Å². The second kappa shape index (κ2) is 5.21. The van der Waals surface area contributed by atoms with E-state index in [4.69, 9.17) is 15.6 Å². The van der Waals surface area contributed by atoms with Crippen molar-refractivity contribution < 1.29 is 9.84 Å². The van der Waals surface area contributed by atoms with Gasteiger partial charge in [0.05, 0.1) is 0 Å². The van der Waals surface area contributed by atoms with Crippen LogP contribution >= 0.6 is 0 Å². The minimum atomic E-state index is 0.0359. The van der Waals surface area contributed by atoms with Crippen LogP contribution < -0.4 is 10.5 Å². The summed E-state index contributed by atoms with van der Waals surface area (Å²) in [6.07, 6.45) is 0.922. The van der Waals surface area contributed by atoms with Gasteiger partial charge >= 0.3 is 0 Å². The van der Waals surface area contributed by atoms with Crippen molar-refractivity contribution in [1.29, 1.82) is 0 Å². The number of benzene rings is 1. The maximum atomic E-state index is 9.11. The Balaban J connectivity index is 2.37. The van der Waals surface area contributed by atoms with Gasteiger partial charge in [0.2, 0.25) is 0 Å². The van der Waals surface area contributed by atoms with E-state index in [0.717, 1.165) is 12.2 Å². The molecule has 1 aromatic rings. The van der Waals surface area contributed by atoms with Gasteiger partial charge in [0.15, 0.2) is 0 Å². The maximum Gasteiger partial charge on any atom is 0.119 e. The van der Waals surface area contributed by atoms with E-state index in [1.165, 1.54) is 0 Å². The van der Waals surface area contributed by atoms with Crippen molar-refractivity contribution in [3.05, 3.63) is 24.3 Å². The Morgan fingerprint density at radius 1 is 1.25 bits per heavy atom. The molecule has 0 aromatic heterocycles. The van der Waals surface area contributed by atoms with E-state index >= 15 is 0 Å². The Kier molecular flexibility index (Phi) is 4.19. The summed E-state index contributed by atoms with van der Waals surface area (Å²) >= 11 is 0. The Morgan fingerprint density at radius 3 is 2.31 bits per heavy atom. The summed E-state index contributed by atoms with van der Waals surface area (Å²) in [5.41, 5.74) is 6.18. The van der Waals surface area contributed by atoms with Gasteiger partial charge in [-0.2, -0.15) is 0 Å². The van der Waals surface area contributed by atoms with Gasteiger partial charge in [-0.25, -0.2) is 0 Å². The molecule has 90 valence electrons. The molecule has 0 amide bonds. The SMILES string of the molecule is CC(C)(C)CC(N)COc1ccc(O)cc1. The first kappa shape index (κ1) is 12.8. The molecule has 0 heterocycles. The number of hydrogen-bond acceptors (Lipinski definition) is 3. The number of rotatable bonds is 4. The molecule has 1 unspecified atom stereocenters. The highest BCUT2D eigenvalue weighted by molar-refractivity contribution is 5.30. The highest BCUT2D eigenvalue weighted by Crippen LogP contribution is 2.21. The average molecular weight is 223 g/mol. The number of nitrogens with two attached hydrogens (primary N) is 1. The average Bonchev–Trinajstić information content (AvgIpc) is 2.14. The van der Waals surface area contributed by atoms with E-state index in [9.17, 15) is 0 Å². The molecule has 0 aliphatic rings. The number of phenols is 1. The smallest absolute Gasteiger partial charge is 0.119 e. The fourth-order valence-corrected chi connectivity index (χ4v) is 1.59. The normalized spacial score (nSPS) is 13.5. The fraction of sp³-hybridized carbons (Fsp3) is 0.538. The van der Waals surface area contributed by atoms with Crippen molar-refractivity contribution in [3.63, 3.8) is 0 Å². The lowest BCUT2D eigenvalue weighted by molar-refractivity contribution is 0.240. The Hall–Kier alpha value is -1.22. The number of hydrogen-bond donors (Lipinski definition) is 2. The Morgan fingerprint density at radius 2 is 1.81 bits per heavy atom. The molecule has 3 heteroatoms. The topological polar surface area (TPSA) is 55.5 Å². The fourth-order valence-electron chi connectivity index (χ4n) is 1.59. The third-order valence-electron chi connectivity index (χ3n) is 2.18. The van der Waals surface area contributed by atoms with Crippen molar-refractivity contribution in [2.75, 3.05) is 6.61 Å². The molecule has 0 aliphatic heterocycles. The second-order valence-electron chi connectivity index (χ2n) is 5.33. The quantitative estimate of drug-likeness (QED) is 0.824. The summed E-state index contributed by atoms with van der Waals surface area (Å²) in [7, 11) is 0.